The van der Waals surface area contributed by atoms with Crippen LogP contribution in [0.2, 0.25) is 0 Å². The van der Waals surface area contributed by atoms with Crippen LogP contribution in [0.5, 0.6) is 0 Å². The lowest BCUT2D eigenvalue weighted by atomic mass is 10.2. The summed E-state index contributed by atoms with van der Waals surface area (Å²) in [5, 5.41) is 1.18. The monoisotopic (exact) mass is 285 g/mol. The Morgan fingerprint density at radius 1 is 1.00 bits per heavy atom. The first-order valence-electron chi connectivity index (χ1n) is 6.37. The lowest BCUT2D eigenvalue weighted by Crippen LogP contribution is -1.98. The molecule has 2 aromatic rings. The van der Waals surface area contributed by atoms with Gasteiger partial charge in [-0.1, -0.05) is 48.5 Å². The molecule has 0 aromatic heterocycles. The number of fused-ring (bicyclic) bond motifs is 1. The Kier molecular flexibility index (Phi) is 4.26. The van der Waals surface area contributed by atoms with Crippen LogP contribution in [-0.4, -0.2) is 17.3 Å². The fourth-order valence-corrected chi connectivity index (χ4v) is 3.98. The van der Waals surface area contributed by atoms with Gasteiger partial charge in [-0.2, -0.15) is 0 Å². The lowest BCUT2D eigenvalue weighted by molar-refractivity contribution is 1.16. The zero-order valence-corrected chi connectivity index (χ0v) is 12.2. The minimum atomic E-state index is 0.913. The van der Waals surface area contributed by atoms with Gasteiger partial charge in [-0.15, -0.1) is 23.5 Å². The van der Waals surface area contributed by atoms with Crippen LogP contribution in [0, 0.1) is 0 Å². The SMILES string of the molecule is c1ccc(CSC2=NCCSc3ccccc32)cc1. The van der Waals surface area contributed by atoms with Gasteiger partial charge in [-0.25, -0.2) is 0 Å². The summed E-state index contributed by atoms with van der Waals surface area (Å²) in [7, 11) is 0. The number of thioether (sulfide) groups is 2. The molecule has 0 radical (unpaired) electrons. The predicted octanol–water partition coefficient (Wildman–Crippen LogP) is 4.47. The van der Waals surface area contributed by atoms with Crippen LogP contribution in [0.1, 0.15) is 11.1 Å². The molecule has 0 saturated heterocycles. The van der Waals surface area contributed by atoms with E-state index in [9.17, 15) is 0 Å². The van der Waals surface area contributed by atoms with Crippen molar-refractivity contribution < 1.29 is 0 Å². The highest BCUT2D eigenvalue weighted by Gasteiger charge is 2.13. The van der Waals surface area contributed by atoms with Crippen molar-refractivity contribution in [2.24, 2.45) is 4.99 Å². The van der Waals surface area contributed by atoms with Crippen LogP contribution in [0.3, 0.4) is 0 Å². The first-order chi connectivity index (χ1) is 9.43. The van der Waals surface area contributed by atoms with Crippen molar-refractivity contribution in [3.63, 3.8) is 0 Å². The van der Waals surface area contributed by atoms with Crippen LogP contribution in [-0.2, 0) is 5.75 Å². The van der Waals surface area contributed by atoms with Crippen LogP contribution in [0.4, 0.5) is 0 Å². The summed E-state index contributed by atoms with van der Waals surface area (Å²) in [6, 6.07) is 19.2. The second-order valence-corrected chi connectivity index (χ2v) is 6.41. The summed E-state index contributed by atoms with van der Waals surface area (Å²) in [6.45, 7) is 0.913. The standard InChI is InChI=1S/C16H15NS2/c1-2-6-13(7-3-1)12-19-16-14-8-4-5-9-15(14)18-11-10-17-16/h1-9H,10-12H2. The molecular weight excluding hydrogens is 270 g/mol. The van der Waals surface area contributed by atoms with Crippen LogP contribution >= 0.6 is 23.5 Å². The third kappa shape index (κ3) is 3.23. The summed E-state index contributed by atoms with van der Waals surface area (Å²) < 4.78 is 0. The molecule has 0 spiro atoms. The first kappa shape index (κ1) is 12.8. The number of benzene rings is 2. The summed E-state index contributed by atoms with van der Waals surface area (Å²) in [6.07, 6.45) is 0. The highest BCUT2D eigenvalue weighted by atomic mass is 32.2. The van der Waals surface area contributed by atoms with E-state index >= 15 is 0 Å². The largest absolute Gasteiger partial charge is 0.277 e. The normalized spacial score (nSPS) is 14.4. The van der Waals surface area contributed by atoms with E-state index in [0.717, 1.165) is 18.1 Å². The van der Waals surface area contributed by atoms with Gasteiger partial charge in [0.25, 0.3) is 0 Å². The zero-order valence-electron chi connectivity index (χ0n) is 10.6. The Bertz CT molecular complexity index is 578. The number of nitrogens with zero attached hydrogens (tertiary/aromatic N) is 1. The average molecular weight is 285 g/mol. The van der Waals surface area contributed by atoms with Gasteiger partial charge in [0.15, 0.2) is 0 Å². The van der Waals surface area contributed by atoms with E-state index in [1.54, 1.807) is 0 Å². The maximum Gasteiger partial charge on any atom is 0.0991 e. The van der Waals surface area contributed by atoms with Gasteiger partial charge in [0, 0.05) is 28.5 Å². The van der Waals surface area contributed by atoms with Crippen molar-refractivity contribution in [3.8, 4) is 0 Å². The minimum absolute atomic E-state index is 0.913. The molecule has 0 N–H and O–H groups in total. The van der Waals surface area contributed by atoms with E-state index in [0.29, 0.717) is 0 Å². The molecule has 0 fully saturated rings. The van der Waals surface area contributed by atoms with Crippen LogP contribution < -0.4 is 0 Å². The van der Waals surface area contributed by atoms with Gasteiger partial charge in [-0.05, 0) is 11.6 Å². The van der Waals surface area contributed by atoms with Gasteiger partial charge in [0.2, 0.25) is 0 Å². The summed E-state index contributed by atoms with van der Waals surface area (Å²) in [4.78, 5) is 6.10. The van der Waals surface area contributed by atoms with Gasteiger partial charge in [0.05, 0.1) is 5.04 Å². The molecule has 0 bridgehead atoms. The zero-order chi connectivity index (χ0) is 12.9. The molecular formula is C16H15NS2. The van der Waals surface area contributed by atoms with Crippen LogP contribution in [0.15, 0.2) is 64.5 Å². The molecule has 0 saturated carbocycles. The van der Waals surface area contributed by atoms with Crippen molar-refractivity contribution in [2.75, 3.05) is 12.3 Å². The van der Waals surface area contributed by atoms with E-state index in [-0.39, 0.29) is 0 Å². The second kappa shape index (κ2) is 6.31. The predicted molar refractivity (Wildman–Crippen MR) is 86.3 cm³/mol. The first-order valence-corrected chi connectivity index (χ1v) is 8.34. The van der Waals surface area contributed by atoms with Crippen molar-refractivity contribution in [1.82, 2.24) is 0 Å². The van der Waals surface area contributed by atoms with Gasteiger partial charge in [0.1, 0.15) is 0 Å². The summed E-state index contributed by atoms with van der Waals surface area (Å²) in [5.41, 5.74) is 2.65. The van der Waals surface area contributed by atoms with Crippen molar-refractivity contribution in [3.05, 3.63) is 65.7 Å². The Morgan fingerprint density at radius 3 is 2.68 bits per heavy atom. The van der Waals surface area contributed by atoms with Gasteiger partial charge >= 0.3 is 0 Å². The molecule has 96 valence electrons. The number of rotatable bonds is 2. The van der Waals surface area contributed by atoms with E-state index in [1.165, 1.54) is 21.1 Å². The van der Waals surface area contributed by atoms with Crippen molar-refractivity contribution in [2.45, 2.75) is 10.6 Å². The molecule has 2 aromatic carbocycles. The van der Waals surface area contributed by atoms with Crippen molar-refractivity contribution in [1.29, 1.82) is 0 Å². The molecule has 3 heteroatoms. The maximum atomic E-state index is 4.74. The second-order valence-electron chi connectivity index (χ2n) is 4.31. The molecule has 0 atom stereocenters. The number of hydrogen-bond acceptors (Lipinski definition) is 3. The highest BCUT2D eigenvalue weighted by molar-refractivity contribution is 8.13. The Balaban J connectivity index is 1.79. The minimum Gasteiger partial charge on any atom is -0.277 e. The molecule has 1 aliphatic heterocycles. The molecule has 0 unspecified atom stereocenters. The smallest absolute Gasteiger partial charge is 0.0991 e. The molecule has 0 aliphatic carbocycles. The van der Waals surface area contributed by atoms with Gasteiger partial charge < -0.3 is 0 Å². The average Bonchev–Trinajstić information content (AvgIpc) is 2.68. The third-order valence-corrected chi connectivity index (χ3v) is 5.09. The van der Waals surface area contributed by atoms with Crippen LogP contribution in [0.25, 0.3) is 0 Å². The molecule has 1 nitrogen and oxygen atoms in total. The third-order valence-electron chi connectivity index (χ3n) is 2.94. The number of hydrogen-bond donors (Lipinski definition) is 0. The van der Waals surface area contributed by atoms with E-state index in [2.05, 4.69) is 54.6 Å². The molecule has 1 heterocycles. The molecule has 19 heavy (non-hydrogen) atoms. The van der Waals surface area contributed by atoms with E-state index in [1.807, 2.05) is 23.5 Å². The fourth-order valence-electron chi connectivity index (χ4n) is 2.01. The van der Waals surface area contributed by atoms with E-state index < -0.39 is 0 Å². The Labute approximate surface area is 122 Å². The molecule has 3 rings (SSSR count). The van der Waals surface area contributed by atoms with E-state index in [4.69, 9.17) is 4.99 Å². The van der Waals surface area contributed by atoms with Gasteiger partial charge in [-0.3, -0.25) is 4.99 Å². The fraction of sp³-hybridized carbons (Fsp3) is 0.188. The van der Waals surface area contributed by atoms with Crippen molar-refractivity contribution >= 4 is 28.6 Å². The quantitative estimate of drug-likeness (QED) is 0.807. The number of aliphatic imine (C=N–C) groups is 1. The summed E-state index contributed by atoms with van der Waals surface area (Å²) in [5.74, 6) is 2.06. The summed E-state index contributed by atoms with van der Waals surface area (Å²) >= 11 is 3.75. The molecule has 1 aliphatic rings. The highest BCUT2D eigenvalue weighted by Crippen LogP contribution is 2.30. The topological polar surface area (TPSA) is 12.4 Å². The molecule has 0 amide bonds. The lowest BCUT2D eigenvalue weighted by Gasteiger charge is -2.08. The maximum absolute atomic E-state index is 4.74. The Hall–Kier alpha value is -1.19. The Morgan fingerprint density at radius 2 is 1.79 bits per heavy atom.